The number of aryl methyl sites for hydroxylation is 2. The van der Waals surface area contributed by atoms with Gasteiger partial charge in [-0.05, 0) is 56.3 Å². The number of nitrogens with zero attached hydrogens (tertiary/aromatic N) is 2. The van der Waals surface area contributed by atoms with Gasteiger partial charge in [-0.3, -0.25) is 9.44 Å². The van der Waals surface area contributed by atoms with Gasteiger partial charge in [0.25, 0.3) is 20.0 Å². The topological polar surface area (TPSA) is 127 Å². The van der Waals surface area contributed by atoms with Crippen molar-refractivity contribution in [3.8, 4) is 5.75 Å². The van der Waals surface area contributed by atoms with Crippen LogP contribution >= 0.6 is 15.9 Å². The third kappa shape index (κ3) is 5.51. The van der Waals surface area contributed by atoms with Crippen molar-refractivity contribution in [1.82, 2.24) is 9.97 Å². The first-order chi connectivity index (χ1) is 14.5. The Balaban J connectivity index is 1.83. The van der Waals surface area contributed by atoms with E-state index in [1.165, 1.54) is 49.6 Å². The third-order valence-corrected chi connectivity index (χ3v) is 7.30. The summed E-state index contributed by atoms with van der Waals surface area (Å²) >= 11 is 3.24. The molecule has 0 spiro atoms. The summed E-state index contributed by atoms with van der Waals surface area (Å²) in [4.78, 5) is 8.05. The molecule has 164 valence electrons. The van der Waals surface area contributed by atoms with Crippen LogP contribution in [0.5, 0.6) is 5.75 Å². The van der Waals surface area contributed by atoms with Gasteiger partial charge in [-0.25, -0.2) is 26.8 Å². The number of benzene rings is 2. The molecule has 0 saturated heterocycles. The summed E-state index contributed by atoms with van der Waals surface area (Å²) in [6, 6.07) is 11.4. The van der Waals surface area contributed by atoms with Crippen LogP contribution in [0.3, 0.4) is 0 Å². The normalized spacial score (nSPS) is 11.7. The van der Waals surface area contributed by atoms with Crippen LogP contribution in [0.4, 0.5) is 11.5 Å². The molecule has 2 N–H and O–H groups in total. The molecule has 0 amide bonds. The van der Waals surface area contributed by atoms with Crippen LogP contribution < -0.4 is 14.2 Å². The van der Waals surface area contributed by atoms with Crippen molar-refractivity contribution in [2.45, 2.75) is 23.6 Å². The summed E-state index contributed by atoms with van der Waals surface area (Å²) in [5.74, 6) is 0.761. The van der Waals surface area contributed by atoms with Gasteiger partial charge in [0.05, 0.1) is 12.0 Å². The van der Waals surface area contributed by atoms with E-state index in [-0.39, 0.29) is 27.0 Å². The van der Waals surface area contributed by atoms with E-state index in [0.29, 0.717) is 16.0 Å². The SMILES string of the molecule is COc1ccc(Br)cc1S(=O)(=O)Nc1ccc(S(=O)(=O)Nc2cc(C)nc(C)n2)cc1. The lowest BCUT2D eigenvalue weighted by molar-refractivity contribution is 0.403. The third-order valence-electron chi connectivity index (χ3n) is 4.04. The van der Waals surface area contributed by atoms with E-state index < -0.39 is 20.0 Å². The van der Waals surface area contributed by atoms with Crippen LogP contribution in [-0.2, 0) is 20.0 Å². The largest absolute Gasteiger partial charge is 0.495 e. The number of halogens is 1. The number of rotatable bonds is 7. The summed E-state index contributed by atoms with van der Waals surface area (Å²) < 4.78 is 61.3. The molecular weight excluding hydrogens is 508 g/mol. The Morgan fingerprint density at radius 2 is 1.55 bits per heavy atom. The fourth-order valence-corrected chi connectivity index (χ4v) is 5.50. The van der Waals surface area contributed by atoms with Crippen LogP contribution in [-0.4, -0.2) is 33.9 Å². The molecule has 0 atom stereocenters. The number of hydrogen-bond donors (Lipinski definition) is 2. The van der Waals surface area contributed by atoms with Crippen LogP contribution in [0.15, 0.2) is 62.8 Å². The summed E-state index contributed by atoms with van der Waals surface area (Å²) in [6.45, 7) is 3.39. The predicted molar refractivity (Wildman–Crippen MR) is 120 cm³/mol. The molecule has 0 fully saturated rings. The van der Waals surface area contributed by atoms with E-state index >= 15 is 0 Å². The summed E-state index contributed by atoms with van der Waals surface area (Å²) in [5.41, 5.74) is 0.813. The van der Waals surface area contributed by atoms with Gasteiger partial charge in [-0.2, -0.15) is 0 Å². The molecule has 9 nitrogen and oxygen atoms in total. The zero-order valence-electron chi connectivity index (χ0n) is 16.7. The summed E-state index contributed by atoms with van der Waals surface area (Å²) in [7, 11) is -6.52. The fraction of sp³-hybridized carbons (Fsp3) is 0.158. The number of nitrogens with one attached hydrogen (secondary N) is 2. The highest BCUT2D eigenvalue weighted by Crippen LogP contribution is 2.29. The van der Waals surface area contributed by atoms with Crippen molar-refractivity contribution in [1.29, 1.82) is 0 Å². The van der Waals surface area contributed by atoms with Crippen LogP contribution in [0.2, 0.25) is 0 Å². The van der Waals surface area contributed by atoms with E-state index in [1.807, 2.05) is 0 Å². The highest BCUT2D eigenvalue weighted by Gasteiger charge is 2.21. The Kier molecular flexibility index (Phi) is 6.53. The maximum atomic E-state index is 12.8. The van der Waals surface area contributed by atoms with Crippen LogP contribution in [0.1, 0.15) is 11.5 Å². The van der Waals surface area contributed by atoms with Crippen LogP contribution in [0, 0.1) is 13.8 Å². The first-order valence-electron chi connectivity index (χ1n) is 8.82. The van der Waals surface area contributed by atoms with Crippen molar-refractivity contribution in [2.75, 3.05) is 16.6 Å². The van der Waals surface area contributed by atoms with Gasteiger partial charge in [-0.15, -0.1) is 0 Å². The maximum Gasteiger partial charge on any atom is 0.265 e. The Morgan fingerprint density at radius 1 is 0.871 bits per heavy atom. The van der Waals surface area contributed by atoms with E-state index in [0.717, 1.165) is 0 Å². The lowest BCUT2D eigenvalue weighted by atomic mass is 10.3. The molecule has 1 heterocycles. The number of methoxy groups -OCH3 is 1. The zero-order valence-corrected chi connectivity index (χ0v) is 20.0. The fourth-order valence-electron chi connectivity index (χ4n) is 2.74. The van der Waals surface area contributed by atoms with Gasteiger partial charge in [0.2, 0.25) is 0 Å². The van der Waals surface area contributed by atoms with Gasteiger partial charge >= 0.3 is 0 Å². The van der Waals surface area contributed by atoms with Crippen molar-refractivity contribution >= 4 is 47.5 Å². The molecule has 2 aromatic carbocycles. The predicted octanol–water partition coefficient (Wildman–Crippen LogP) is 3.47. The number of aromatic nitrogens is 2. The first kappa shape index (κ1) is 23.0. The average Bonchev–Trinajstić information content (AvgIpc) is 2.67. The molecule has 0 bridgehead atoms. The smallest absolute Gasteiger partial charge is 0.265 e. The van der Waals surface area contributed by atoms with Gasteiger partial charge in [0.15, 0.2) is 0 Å². The Bertz CT molecular complexity index is 1310. The molecule has 0 saturated carbocycles. The van der Waals surface area contributed by atoms with E-state index in [2.05, 4.69) is 35.3 Å². The molecule has 1 aromatic heterocycles. The highest BCUT2D eigenvalue weighted by atomic mass is 79.9. The minimum atomic E-state index is -3.97. The van der Waals surface area contributed by atoms with E-state index in [9.17, 15) is 16.8 Å². The Morgan fingerprint density at radius 3 is 2.16 bits per heavy atom. The van der Waals surface area contributed by atoms with Gasteiger partial charge < -0.3 is 4.74 Å². The van der Waals surface area contributed by atoms with Gasteiger partial charge in [0, 0.05) is 21.9 Å². The monoisotopic (exact) mass is 526 g/mol. The maximum absolute atomic E-state index is 12.8. The second kappa shape index (κ2) is 8.81. The number of ether oxygens (including phenoxy) is 1. The highest BCUT2D eigenvalue weighted by molar-refractivity contribution is 9.10. The number of anilines is 2. The minimum Gasteiger partial charge on any atom is -0.495 e. The molecular formula is C19H19BrN4O5S2. The molecule has 0 aliphatic carbocycles. The second-order valence-corrected chi connectivity index (χ2v) is 10.7. The zero-order chi connectivity index (χ0) is 22.8. The molecule has 0 radical (unpaired) electrons. The standard InChI is InChI=1S/C19H19BrN4O5S2/c1-12-10-19(22-13(2)21-12)24-30(25,26)16-7-5-15(6-8-16)23-31(27,28)18-11-14(20)4-9-17(18)29-3/h4-11,23H,1-3H3,(H,21,22,24). The Hall–Kier alpha value is -2.70. The molecule has 3 rings (SSSR count). The number of hydrogen-bond acceptors (Lipinski definition) is 7. The molecule has 31 heavy (non-hydrogen) atoms. The Labute approximate surface area is 189 Å². The molecule has 12 heteroatoms. The van der Waals surface area contributed by atoms with E-state index in [4.69, 9.17) is 4.74 Å². The molecule has 0 aliphatic heterocycles. The number of sulfonamides is 2. The van der Waals surface area contributed by atoms with Gasteiger partial charge in [-0.1, -0.05) is 15.9 Å². The molecule has 3 aromatic rings. The van der Waals surface area contributed by atoms with E-state index in [1.54, 1.807) is 19.9 Å². The van der Waals surface area contributed by atoms with Crippen molar-refractivity contribution < 1.29 is 21.6 Å². The minimum absolute atomic E-state index is 0.0515. The first-order valence-corrected chi connectivity index (χ1v) is 12.6. The summed E-state index contributed by atoms with van der Waals surface area (Å²) in [5, 5.41) is 0. The van der Waals surface area contributed by atoms with Crippen molar-refractivity contribution in [3.05, 3.63) is 64.5 Å². The quantitative estimate of drug-likeness (QED) is 0.482. The lowest BCUT2D eigenvalue weighted by Gasteiger charge is -2.13. The molecule has 0 aliphatic rings. The lowest BCUT2D eigenvalue weighted by Crippen LogP contribution is -2.16. The average molecular weight is 527 g/mol. The summed E-state index contributed by atoms with van der Waals surface area (Å²) in [6.07, 6.45) is 0. The van der Waals surface area contributed by atoms with Crippen molar-refractivity contribution in [3.63, 3.8) is 0 Å². The second-order valence-electron chi connectivity index (χ2n) is 6.47. The van der Waals surface area contributed by atoms with Gasteiger partial charge in [0.1, 0.15) is 22.3 Å². The van der Waals surface area contributed by atoms with Crippen LogP contribution in [0.25, 0.3) is 0 Å². The molecule has 0 unspecified atom stereocenters. The van der Waals surface area contributed by atoms with Crippen molar-refractivity contribution in [2.24, 2.45) is 0 Å².